The Hall–Kier alpha value is 0.850. The average molecular weight is 187 g/mol. The van der Waals surface area contributed by atoms with E-state index in [1.54, 1.807) is 0 Å². The van der Waals surface area contributed by atoms with Crippen molar-refractivity contribution in [1.29, 1.82) is 0 Å². The van der Waals surface area contributed by atoms with Crippen molar-refractivity contribution in [1.82, 2.24) is 4.72 Å². The first-order valence-electron chi connectivity index (χ1n) is 2.52. The second kappa shape index (κ2) is 6.96. The summed E-state index contributed by atoms with van der Waals surface area (Å²) in [7, 11) is -1.01. The number of thiol groups is 1. The van der Waals surface area contributed by atoms with Crippen LogP contribution in [0.4, 0.5) is 0 Å². The fourth-order valence-electron chi connectivity index (χ4n) is 0.357. The summed E-state index contributed by atoms with van der Waals surface area (Å²) in [4.78, 5) is 8.34. The van der Waals surface area contributed by atoms with Gasteiger partial charge in [-0.05, 0) is 17.4 Å². The summed E-state index contributed by atoms with van der Waals surface area (Å²) in [6.45, 7) is 0.741. The summed E-state index contributed by atoms with van der Waals surface area (Å²) in [5.41, 5.74) is 0. The van der Waals surface area contributed by atoms with E-state index in [1.807, 2.05) is 0 Å². The molecule has 0 radical (unpaired) electrons. The van der Waals surface area contributed by atoms with Gasteiger partial charge in [0.25, 0.3) is 0 Å². The third-order valence-electron chi connectivity index (χ3n) is 0.734. The fraction of sp³-hybridized carbons (Fsp3) is 1.00. The van der Waals surface area contributed by atoms with E-state index in [0.29, 0.717) is 6.16 Å². The smallest absolute Gasteiger partial charge is 0.189 e. The van der Waals surface area contributed by atoms with E-state index in [-0.39, 0.29) is 0 Å². The van der Waals surface area contributed by atoms with E-state index in [2.05, 4.69) is 16.4 Å². The maximum atomic E-state index is 10.1. The molecule has 0 saturated carbocycles. The van der Waals surface area contributed by atoms with Gasteiger partial charge in [0, 0.05) is 12.7 Å². The van der Waals surface area contributed by atoms with Crippen LogP contribution in [-0.4, -0.2) is 17.6 Å². The molecule has 0 bridgehead atoms. The van der Waals surface area contributed by atoms with E-state index in [1.165, 1.54) is 11.0 Å². The van der Waals surface area contributed by atoms with Gasteiger partial charge >= 0.3 is 0 Å². The average Bonchev–Trinajstić information content (AvgIpc) is 1.80. The van der Waals surface area contributed by atoms with Gasteiger partial charge in [0.2, 0.25) is 0 Å². The Morgan fingerprint density at radius 1 is 1.78 bits per heavy atom. The molecule has 0 aromatic carbocycles. The van der Waals surface area contributed by atoms with Gasteiger partial charge in [-0.3, -0.25) is 9.29 Å². The molecule has 1 unspecified atom stereocenters. The van der Waals surface area contributed by atoms with Gasteiger partial charge in [0.15, 0.2) is 8.03 Å². The number of rotatable bonds is 5. The molecular formula is C3H10NO2PS2. The Morgan fingerprint density at radius 2 is 2.44 bits per heavy atom. The minimum absolute atomic E-state index is 0.409. The maximum absolute atomic E-state index is 10.1. The van der Waals surface area contributed by atoms with Crippen molar-refractivity contribution in [3.63, 3.8) is 0 Å². The summed E-state index contributed by atoms with van der Waals surface area (Å²) >= 11 is 3.82. The van der Waals surface area contributed by atoms with Gasteiger partial charge in [-0.15, -0.1) is 0 Å². The zero-order valence-corrected chi connectivity index (χ0v) is 7.54. The first-order valence-corrected chi connectivity index (χ1v) is 5.95. The highest BCUT2D eigenvalue weighted by atomic mass is 33.1. The first-order chi connectivity index (χ1) is 4.27. The molecule has 0 aliphatic rings. The molecule has 0 spiro atoms. The Kier molecular flexibility index (Phi) is 7.62. The van der Waals surface area contributed by atoms with E-state index < -0.39 is 8.03 Å². The molecule has 2 N–H and O–H groups in total. The third kappa shape index (κ3) is 8.85. The summed E-state index contributed by atoms with van der Waals surface area (Å²) in [5, 5.41) is 0. The van der Waals surface area contributed by atoms with Crippen LogP contribution in [-0.2, 0) is 4.57 Å². The van der Waals surface area contributed by atoms with Crippen LogP contribution in [0.25, 0.3) is 0 Å². The lowest BCUT2D eigenvalue weighted by atomic mass is 10.5. The zero-order valence-electron chi connectivity index (χ0n) is 4.83. The molecule has 1 atom stereocenters. The molecular weight excluding hydrogens is 177 g/mol. The lowest BCUT2D eigenvalue weighted by Gasteiger charge is -1.95. The number of nitrogens with one attached hydrogen (secondary N) is 1. The molecule has 0 aromatic heterocycles. The van der Waals surface area contributed by atoms with Crippen molar-refractivity contribution < 1.29 is 9.46 Å². The molecule has 0 aromatic rings. The van der Waals surface area contributed by atoms with Crippen LogP contribution in [0.2, 0.25) is 0 Å². The van der Waals surface area contributed by atoms with E-state index in [9.17, 15) is 4.57 Å². The van der Waals surface area contributed by atoms with Crippen LogP contribution in [0, 0.1) is 0 Å². The highest BCUT2D eigenvalue weighted by Crippen LogP contribution is 2.13. The van der Waals surface area contributed by atoms with Crippen molar-refractivity contribution in [2.45, 2.75) is 6.42 Å². The van der Waals surface area contributed by atoms with Crippen LogP contribution in [0.1, 0.15) is 6.42 Å². The minimum Gasteiger partial charge on any atom is -0.346 e. The largest absolute Gasteiger partial charge is 0.346 e. The van der Waals surface area contributed by atoms with Crippen molar-refractivity contribution >= 4 is 30.7 Å². The number of hydrogen-bond donors (Lipinski definition) is 3. The van der Waals surface area contributed by atoms with E-state index in [0.717, 1.165) is 13.0 Å². The van der Waals surface area contributed by atoms with Crippen molar-refractivity contribution in [3.05, 3.63) is 0 Å². The second-order valence-corrected chi connectivity index (χ2v) is 3.79. The summed E-state index contributed by atoms with van der Waals surface area (Å²) in [6, 6.07) is 0. The molecule has 3 nitrogen and oxygen atoms in total. The Balaban J connectivity index is 2.83. The lowest BCUT2D eigenvalue weighted by Crippen LogP contribution is -2.03. The Bertz CT molecular complexity index is 91.9. The van der Waals surface area contributed by atoms with Crippen LogP contribution in [0.3, 0.4) is 0 Å². The fourth-order valence-corrected chi connectivity index (χ4v) is 1.35. The predicted molar refractivity (Wildman–Crippen MR) is 45.3 cm³/mol. The van der Waals surface area contributed by atoms with Gasteiger partial charge in [0.05, 0.1) is 0 Å². The maximum Gasteiger partial charge on any atom is 0.189 e. The van der Waals surface area contributed by atoms with E-state index in [4.69, 9.17) is 4.89 Å². The first kappa shape index (κ1) is 9.85. The van der Waals surface area contributed by atoms with Crippen molar-refractivity contribution in [2.24, 2.45) is 0 Å². The normalized spacial score (nSPS) is 13.6. The standard InChI is InChI=1S/C3H10NO2PS2/c5-7(6)3-1-2-4-9-8/h4,7-8H,1-3H2,(H,5,6). The quantitative estimate of drug-likeness (QED) is 0.197. The molecule has 0 saturated heterocycles. The Labute approximate surface area is 64.4 Å². The molecule has 0 heterocycles. The van der Waals surface area contributed by atoms with Gasteiger partial charge in [-0.1, -0.05) is 11.7 Å². The minimum atomic E-state index is -2.24. The molecule has 0 aliphatic heterocycles. The zero-order chi connectivity index (χ0) is 7.11. The van der Waals surface area contributed by atoms with Crippen molar-refractivity contribution in [2.75, 3.05) is 12.7 Å². The molecule has 0 rings (SSSR count). The number of hydrogen-bond acceptors (Lipinski definition) is 4. The third-order valence-corrected chi connectivity index (χ3v) is 2.24. The second-order valence-electron chi connectivity index (χ2n) is 1.48. The van der Waals surface area contributed by atoms with Gasteiger partial charge in [0.1, 0.15) is 0 Å². The summed E-state index contributed by atoms with van der Waals surface area (Å²) in [5.74, 6) is 0. The highest BCUT2D eigenvalue weighted by molar-refractivity contribution is 8.67. The van der Waals surface area contributed by atoms with Gasteiger partial charge < -0.3 is 4.89 Å². The van der Waals surface area contributed by atoms with Crippen LogP contribution < -0.4 is 4.72 Å². The molecule has 0 fully saturated rings. The van der Waals surface area contributed by atoms with E-state index >= 15 is 0 Å². The molecule has 56 valence electrons. The SMILES string of the molecule is O=[PH](O)CCCNSS. The molecule has 9 heavy (non-hydrogen) atoms. The summed E-state index contributed by atoms with van der Waals surface area (Å²) < 4.78 is 12.9. The summed E-state index contributed by atoms with van der Waals surface area (Å²) in [6.07, 6.45) is 1.15. The van der Waals surface area contributed by atoms with Crippen molar-refractivity contribution in [3.8, 4) is 0 Å². The molecule has 0 aliphatic carbocycles. The van der Waals surface area contributed by atoms with Gasteiger partial charge in [-0.25, -0.2) is 0 Å². The molecule has 0 amide bonds. The molecule has 6 heteroatoms. The van der Waals surface area contributed by atoms with Crippen LogP contribution in [0.5, 0.6) is 0 Å². The lowest BCUT2D eigenvalue weighted by molar-refractivity contribution is 0.501. The van der Waals surface area contributed by atoms with Crippen LogP contribution >= 0.6 is 30.7 Å². The Morgan fingerprint density at radius 3 is 2.89 bits per heavy atom. The highest BCUT2D eigenvalue weighted by Gasteiger charge is 1.90. The topological polar surface area (TPSA) is 49.3 Å². The predicted octanol–water partition coefficient (Wildman–Crippen LogP) is 0.926. The van der Waals surface area contributed by atoms with Crippen LogP contribution in [0.15, 0.2) is 0 Å². The monoisotopic (exact) mass is 187 g/mol. The van der Waals surface area contributed by atoms with Gasteiger partial charge in [-0.2, -0.15) is 0 Å².